The van der Waals surface area contributed by atoms with Crippen LogP contribution in [0.5, 0.6) is 0 Å². The summed E-state index contributed by atoms with van der Waals surface area (Å²) in [6.07, 6.45) is 6.51. The van der Waals surface area contributed by atoms with Gasteiger partial charge in [-0.05, 0) is 86.4 Å². The predicted octanol–water partition coefficient (Wildman–Crippen LogP) is 0.421. The first-order chi connectivity index (χ1) is 25.3. The van der Waals surface area contributed by atoms with Gasteiger partial charge in [0.1, 0.15) is 18.1 Å². The number of carbonyl (C=O) groups is 5. The number of nitrogens with zero attached hydrogens (tertiary/aromatic N) is 7. The summed E-state index contributed by atoms with van der Waals surface area (Å²) in [5.41, 5.74) is 2.37. The molecule has 1 aliphatic rings. The Morgan fingerprint density at radius 1 is 0.830 bits per heavy atom. The van der Waals surface area contributed by atoms with Crippen molar-refractivity contribution >= 4 is 29.4 Å². The second kappa shape index (κ2) is 19.2. The average molecular weight is 735 g/mol. The van der Waals surface area contributed by atoms with Gasteiger partial charge in [-0.2, -0.15) is 0 Å². The van der Waals surface area contributed by atoms with Gasteiger partial charge in [0.05, 0.1) is 42.1 Å². The Morgan fingerprint density at radius 2 is 1.43 bits per heavy atom. The third-order valence-electron chi connectivity index (χ3n) is 9.76. The molecule has 1 saturated heterocycles. The van der Waals surface area contributed by atoms with Gasteiger partial charge in [-0.3, -0.25) is 24.0 Å². The first kappa shape index (κ1) is 40.7. The monoisotopic (exact) mass is 734 g/mol. The highest BCUT2D eigenvalue weighted by Gasteiger charge is 2.41. The zero-order valence-electron chi connectivity index (χ0n) is 31.7. The van der Waals surface area contributed by atoms with Crippen LogP contribution in [0.3, 0.4) is 0 Å². The van der Waals surface area contributed by atoms with Crippen molar-refractivity contribution in [3.63, 3.8) is 0 Å². The van der Waals surface area contributed by atoms with Crippen LogP contribution >= 0.6 is 0 Å². The van der Waals surface area contributed by atoms with Crippen LogP contribution in [-0.4, -0.2) is 116 Å². The van der Waals surface area contributed by atoms with Crippen LogP contribution in [0.1, 0.15) is 89.0 Å². The van der Waals surface area contributed by atoms with E-state index in [0.29, 0.717) is 44.3 Å². The fourth-order valence-corrected chi connectivity index (χ4v) is 6.37. The van der Waals surface area contributed by atoms with E-state index >= 15 is 0 Å². The normalized spacial score (nSPS) is 17.6. The van der Waals surface area contributed by atoms with Crippen molar-refractivity contribution in [2.45, 2.75) is 109 Å². The smallest absolute Gasteiger partial charge is 0.248 e. The van der Waals surface area contributed by atoms with Crippen LogP contribution in [0.15, 0.2) is 42.7 Å². The van der Waals surface area contributed by atoms with E-state index in [0.717, 1.165) is 11.3 Å². The van der Waals surface area contributed by atoms with Gasteiger partial charge in [0, 0.05) is 18.9 Å². The molecule has 17 heteroatoms. The molecule has 17 nitrogen and oxygen atoms in total. The lowest BCUT2D eigenvalue weighted by atomic mass is 10.1. The molecule has 4 rings (SSSR count). The number of hydrogen-bond acceptors (Lipinski definition) is 11. The van der Waals surface area contributed by atoms with Gasteiger partial charge in [0.25, 0.3) is 0 Å². The minimum absolute atomic E-state index is 0.0935. The van der Waals surface area contributed by atoms with Gasteiger partial charge in [-0.1, -0.05) is 40.8 Å². The first-order valence-corrected chi connectivity index (χ1v) is 18.2. The Morgan fingerprint density at radius 3 is 2.00 bits per heavy atom. The van der Waals surface area contributed by atoms with Crippen LogP contribution in [-0.2, 0) is 36.8 Å². The fourth-order valence-electron chi connectivity index (χ4n) is 6.37. The minimum Gasteiger partial charge on any atom is -0.348 e. The van der Waals surface area contributed by atoms with Crippen LogP contribution in [0.2, 0.25) is 0 Å². The molecule has 1 aromatic carbocycles. The van der Waals surface area contributed by atoms with Crippen LogP contribution < -0.4 is 26.6 Å². The second-order valence-corrected chi connectivity index (χ2v) is 13.7. The number of aromatic nitrogens is 6. The number of amides is 4. The Labute approximate surface area is 310 Å². The highest BCUT2D eigenvalue weighted by molar-refractivity contribution is 5.94. The summed E-state index contributed by atoms with van der Waals surface area (Å²) >= 11 is 0. The number of nitrogens with one attached hydrogen (secondary N) is 5. The molecule has 0 radical (unpaired) electrons. The molecule has 0 spiro atoms. The molecule has 4 amide bonds. The van der Waals surface area contributed by atoms with E-state index in [1.165, 1.54) is 6.92 Å². The Kier molecular flexibility index (Phi) is 14.7. The maximum absolute atomic E-state index is 14.2. The number of benzene rings is 1. The standard InChI is InChI=1S/C36H54N12O5/c1-22(27-13-9-8-10-14-27)39-35(52)30-17-12-18-46(30)36(53)33(41-34(51)23(2)38-7)25(4)48-21-29(43-45-48)16-11-15-28-20-47(44-42-28)24(3)32(26(5)49)40-31(50)19-37-6/h8-10,13-14,20-25,30,32-33,37-38H,11-12,15-19H2,1-7H3,(H,39,52)(H,40,50)(H,41,51)/t22-,23+,24+,25+,30+,32+,33+/m1/s1. The zero-order chi connectivity index (χ0) is 38.7. The summed E-state index contributed by atoms with van der Waals surface area (Å²) in [5, 5.41) is 31.5. The molecule has 3 heterocycles. The molecular formula is C36H54N12O5. The molecule has 5 N–H and O–H groups in total. The van der Waals surface area contributed by atoms with Gasteiger partial charge < -0.3 is 31.5 Å². The molecule has 1 aliphatic heterocycles. The van der Waals surface area contributed by atoms with E-state index in [-0.39, 0.29) is 42.0 Å². The fraction of sp³-hybridized carbons (Fsp3) is 0.583. The highest BCUT2D eigenvalue weighted by Crippen LogP contribution is 2.24. The summed E-state index contributed by atoms with van der Waals surface area (Å²) in [6.45, 7) is 9.12. The van der Waals surface area contributed by atoms with E-state index in [2.05, 4.69) is 47.2 Å². The molecule has 0 bridgehead atoms. The molecule has 0 aliphatic carbocycles. The largest absolute Gasteiger partial charge is 0.348 e. The highest BCUT2D eigenvalue weighted by atomic mass is 16.2. The number of aryl methyl sites for hydroxylation is 2. The van der Waals surface area contributed by atoms with E-state index in [1.807, 2.05) is 37.3 Å². The van der Waals surface area contributed by atoms with Gasteiger partial charge >= 0.3 is 0 Å². The number of carbonyl (C=O) groups excluding carboxylic acids is 5. The lowest BCUT2D eigenvalue weighted by Gasteiger charge is -2.32. The second-order valence-electron chi connectivity index (χ2n) is 13.7. The lowest BCUT2D eigenvalue weighted by Crippen LogP contribution is -2.57. The van der Waals surface area contributed by atoms with Crippen molar-refractivity contribution in [1.29, 1.82) is 0 Å². The number of Topliss-reactive ketones (excluding diaryl/α,β-unsaturated/α-hetero) is 1. The maximum Gasteiger partial charge on any atom is 0.248 e. The molecule has 2 aromatic heterocycles. The summed E-state index contributed by atoms with van der Waals surface area (Å²) in [5.74, 6) is -1.42. The van der Waals surface area contributed by atoms with E-state index in [9.17, 15) is 24.0 Å². The molecule has 7 atom stereocenters. The Hall–Kier alpha value is -5.03. The third kappa shape index (κ3) is 10.8. The van der Waals surface area contributed by atoms with Gasteiger partial charge in [-0.25, -0.2) is 9.36 Å². The number of hydrogen-bond donors (Lipinski definition) is 5. The summed E-state index contributed by atoms with van der Waals surface area (Å²) in [4.78, 5) is 66.7. The minimum atomic E-state index is -1.01. The SMILES string of the molecule is CNCC(=O)N[C@H](C(C)=O)[C@H](C)n1cc(CCCc2cn([C@@H](C)[C@H](NC(=O)[C@H](C)NC)C(=O)N3CCC[C@H]3C(=O)N[C@H](C)c3ccccc3)nn2)nn1. The average Bonchev–Trinajstić information content (AvgIpc) is 3.94. The zero-order valence-corrected chi connectivity index (χ0v) is 31.7. The number of ketones is 1. The van der Waals surface area contributed by atoms with Crippen LogP contribution in [0, 0.1) is 0 Å². The maximum atomic E-state index is 14.2. The predicted molar refractivity (Wildman–Crippen MR) is 196 cm³/mol. The van der Waals surface area contributed by atoms with E-state index < -0.39 is 36.3 Å². The third-order valence-corrected chi connectivity index (χ3v) is 9.76. The van der Waals surface area contributed by atoms with Gasteiger partial charge in [0.2, 0.25) is 23.6 Å². The van der Waals surface area contributed by atoms with Crippen molar-refractivity contribution in [3.8, 4) is 0 Å². The van der Waals surface area contributed by atoms with E-state index in [4.69, 9.17) is 0 Å². The summed E-state index contributed by atoms with van der Waals surface area (Å²) in [7, 11) is 3.32. The number of rotatable bonds is 19. The summed E-state index contributed by atoms with van der Waals surface area (Å²) in [6, 6.07) is 5.36. The van der Waals surface area contributed by atoms with Crippen LogP contribution in [0.25, 0.3) is 0 Å². The number of likely N-dealkylation sites (tertiary alicyclic amines) is 1. The van der Waals surface area contributed by atoms with E-state index in [1.54, 1.807) is 61.5 Å². The molecule has 1 fully saturated rings. The van der Waals surface area contributed by atoms with Crippen molar-refractivity contribution in [2.75, 3.05) is 27.2 Å². The topological polar surface area (TPSA) is 210 Å². The summed E-state index contributed by atoms with van der Waals surface area (Å²) < 4.78 is 3.16. The van der Waals surface area contributed by atoms with Gasteiger partial charge in [0.15, 0.2) is 5.78 Å². The molecule has 0 unspecified atom stereocenters. The molecular weight excluding hydrogens is 680 g/mol. The molecule has 0 saturated carbocycles. The van der Waals surface area contributed by atoms with Crippen molar-refractivity contribution in [3.05, 3.63) is 59.7 Å². The van der Waals surface area contributed by atoms with Crippen molar-refractivity contribution in [1.82, 2.24) is 61.5 Å². The Bertz CT molecular complexity index is 1690. The van der Waals surface area contributed by atoms with Crippen molar-refractivity contribution in [2.24, 2.45) is 0 Å². The molecule has 3 aromatic rings. The quantitative estimate of drug-likeness (QED) is 0.114. The molecule has 53 heavy (non-hydrogen) atoms. The van der Waals surface area contributed by atoms with Gasteiger partial charge in [-0.15, -0.1) is 10.2 Å². The van der Waals surface area contributed by atoms with Crippen LogP contribution in [0.4, 0.5) is 0 Å². The molecule has 288 valence electrons. The number of likely N-dealkylation sites (N-methyl/N-ethyl adjacent to an activating group) is 2. The van der Waals surface area contributed by atoms with Crippen molar-refractivity contribution < 1.29 is 24.0 Å². The Balaban J connectivity index is 1.41. The first-order valence-electron chi connectivity index (χ1n) is 18.2. The lowest BCUT2D eigenvalue weighted by molar-refractivity contribution is -0.142.